The first kappa shape index (κ1) is 18.8. The van der Waals surface area contributed by atoms with Crippen LogP contribution < -0.4 is 0 Å². The molecule has 26 heavy (non-hydrogen) atoms. The molecule has 1 aliphatic rings. The minimum Gasteiger partial charge on any atom is -0.298 e. The Morgan fingerprint density at radius 2 is 1.65 bits per heavy atom. The molecule has 0 heterocycles. The van der Waals surface area contributed by atoms with Crippen molar-refractivity contribution in [1.82, 2.24) is 0 Å². The number of carbonyl (C=O) groups excluding carboxylic acids is 1. The van der Waals surface area contributed by atoms with Crippen LogP contribution in [0.4, 0.5) is 8.78 Å². The Morgan fingerprint density at radius 1 is 0.962 bits per heavy atom. The molecule has 0 spiro atoms. The fourth-order valence-electron chi connectivity index (χ4n) is 4.09. The molecular formula is C23H26F2O. The maximum Gasteiger partial charge on any atom is 0.169 e. The fraction of sp³-hybridized carbons (Fsp3) is 0.435. The summed E-state index contributed by atoms with van der Waals surface area (Å²) in [5.74, 6) is -0.592. The molecule has 0 saturated heterocycles. The molecule has 0 bridgehead atoms. The zero-order valence-electron chi connectivity index (χ0n) is 15.3. The number of rotatable bonds is 6. The number of unbranched alkanes of at least 4 members (excludes halogenated alkanes) is 1. The lowest BCUT2D eigenvalue weighted by Gasteiger charge is -2.29. The van der Waals surface area contributed by atoms with E-state index in [1.54, 1.807) is 0 Å². The highest BCUT2D eigenvalue weighted by Crippen LogP contribution is 2.38. The number of carbonyl (C=O) groups is 1. The van der Waals surface area contributed by atoms with Gasteiger partial charge in [0.1, 0.15) is 0 Å². The first-order valence-electron chi connectivity index (χ1n) is 9.67. The van der Waals surface area contributed by atoms with Crippen molar-refractivity contribution in [3.05, 3.63) is 59.2 Å². The van der Waals surface area contributed by atoms with Crippen molar-refractivity contribution < 1.29 is 13.6 Å². The van der Waals surface area contributed by atoms with E-state index in [2.05, 4.69) is 6.92 Å². The maximum absolute atomic E-state index is 14.2. The van der Waals surface area contributed by atoms with Gasteiger partial charge < -0.3 is 0 Å². The predicted molar refractivity (Wildman–Crippen MR) is 101 cm³/mol. The molecule has 1 saturated carbocycles. The minimum absolute atomic E-state index is 0.197. The van der Waals surface area contributed by atoms with Crippen molar-refractivity contribution in [1.29, 1.82) is 0 Å². The molecule has 2 aromatic rings. The molecule has 0 aliphatic heterocycles. The summed E-state index contributed by atoms with van der Waals surface area (Å²) < 4.78 is 28.0. The highest BCUT2D eigenvalue weighted by molar-refractivity contribution is 5.77. The van der Waals surface area contributed by atoms with Crippen LogP contribution in [-0.4, -0.2) is 6.29 Å². The standard InChI is InChI=1S/C23H26F2O/c1-2-3-4-16-5-7-17(8-6-16)18-9-11-19(12-10-18)21-14-13-20(15-26)22(24)23(21)25/h9-17H,2-8H2,1H3. The van der Waals surface area contributed by atoms with E-state index in [1.807, 2.05) is 24.3 Å². The van der Waals surface area contributed by atoms with Gasteiger partial charge in [-0.15, -0.1) is 0 Å². The van der Waals surface area contributed by atoms with E-state index in [1.165, 1.54) is 62.6 Å². The molecule has 0 unspecified atom stereocenters. The first-order valence-corrected chi connectivity index (χ1v) is 9.67. The van der Waals surface area contributed by atoms with Gasteiger partial charge in [-0.3, -0.25) is 4.79 Å². The monoisotopic (exact) mass is 356 g/mol. The number of hydrogen-bond donors (Lipinski definition) is 0. The van der Waals surface area contributed by atoms with Crippen molar-refractivity contribution in [3.8, 4) is 11.1 Å². The van der Waals surface area contributed by atoms with Crippen LogP contribution in [0.5, 0.6) is 0 Å². The third-order valence-corrected chi connectivity index (χ3v) is 5.74. The summed E-state index contributed by atoms with van der Waals surface area (Å²) in [6.07, 6.45) is 9.29. The third-order valence-electron chi connectivity index (χ3n) is 5.74. The maximum atomic E-state index is 14.2. The van der Waals surface area contributed by atoms with Crippen LogP contribution in [0.25, 0.3) is 11.1 Å². The molecule has 0 radical (unpaired) electrons. The quantitative estimate of drug-likeness (QED) is 0.514. The highest BCUT2D eigenvalue weighted by atomic mass is 19.2. The number of aldehydes is 1. The smallest absolute Gasteiger partial charge is 0.169 e. The first-order chi connectivity index (χ1) is 12.6. The van der Waals surface area contributed by atoms with Crippen molar-refractivity contribution in [3.63, 3.8) is 0 Å². The van der Waals surface area contributed by atoms with Crippen LogP contribution in [0.3, 0.4) is 0 Å². The van der Waals surface area contributed by atoms with Crippen LogP contribution in [-0.2, 0) is 0 Å². The molecule has 1 fully saturated rings. The summed E-state index contributed by atoms with van der Waals surface area (Å²) in [6.45, 7) is 2.24. The second kappa shape index (κ2) is 8.57. The van der Waals surface area contributed by atoms with Crippen molar-refractivity contribution in [2.75, 3.05) is 0 Å². The number of halogens is 2. The molecular weight excluding hydrogens is 330 g/mol. The summed E-state index contributed by atoms with van der Waals surface area (Å²) in [6, 6.07) is 10.6. The molecule has 3 rings (SSSR count). The van der Waals surface area contributed by atoms with Gasteiger partial charge in [0.25, 0.3) is 0 Å². The van der Waals surface area contributed by atoms with Gasteiger partial charge in [-0.1, -0.05) is 56.5 Å². The largest absolute Gasteiger partial charge is 0.298 e. The third kappa shape index (κ3) is 4.03. The molecule has 2 aromatic carbocycles. The zero-order chi connectivity index (χ0) is 18.5. The van der Waals surface area contributed by atoms with E-state index in [4.69, 9.17) is 0 Å². The lowest BCUT2D eigenvalue weighted by atomic mass is 9.77. The molecule has 1 aliphatic carbocycles. The Hall–Kier alpha value is -2.03. The lowest BCUT2D eigenvalue weighted by Crippen LogP contribution is -2.13. The van der Waals surface area contributed by atoms with E-state index in [0.29, 0.717) is 17.8 Å². The molecule has 0 N–H and O–H groups in total. The molecule has 138 valence electrons. The minimum atomic E-state index is -1.08. The number of benzene rings is 2. The van der Waals surface area contributed by atoms with Gasteiger partial charge in [0.2, 0.25) is 0 Å². The molecule has 0 aromatic heterocycles. The zero-order valence-corrected chi connectivity index (χ0v) is 15.3. The topological polar surface area (TPSA) is 17.1 Å². The fourth-order valence-corrected chi connectivity index (χ4v) is 4.09. The van der Waals surface area contributed by atoms with E-state index in [9.17, 15) is 13.6 Å². The summed E-state index contributed by atoms with van der Waals surface area (Å²) in [4.78, 5) is 10.7. The van der Waals surface area contributed by atoms with Gasteiger partial charge in [0, 0.05) is 5.56 Å². The Kier molecular flexibility index (Phi) is 6.18. The average molecular weight is 356 g/mol. The lowest BCUT2D eigenvalue weighted by molar-refractivity contribution is 0.111. The van der Waals surface area contributed by atoms with E-state index >= 15 is 0 Å². The van der Waals surface area contributed by atoms with Gasteiger partial charge in [0.15, 0.2) is 17.9 Å². The van der Waals surface area contributed by atoms with Gasteiger partial charge in [-0.25, -0.2) is 8.78 Å². The van der Waals surface area contributed by atoms with E-state index in [0.717, 1.165) is 5.92 Å². The summed E-state index contributed by atoms with van der Waals surface area (Å²) in [7, 11) is 0. The Balaban J connectivity index is 1.70. The van der Waals surface area contributed by atoms with Gasteiger partial charge in [-0.2, -0.15) is 0 Å². The Morgan fingerprint density at radius 3 is 2.27 bits per heavy atom. The molecule has 1 nitrogen and oxygen atoms in total. The Labute approximate surface area is 154 Å². The average Bonchev–Trinajstić information content (AvgIpc) is 2.69. The number of hydrogen-bond acceptors (Lipinski definition) is 1. The van der Waals surface area contributed by atoms with Gasteiger partial charge >= 0.3 is 0 Å². The van der Waals surface area contributed by atoms with Crippen LogP contribution >= 0.6 is 0 Å². The molecule has 0 amide bonds. The predicted octanol–water partition coefficient (Wildman–Crippen LogP) is 6.91. The van der Waals surface area contributed by atoms with Crippen molar-refractivity contribution >= 4 is 6.29 Å². The summed E-state index contributed by atoms with van der Waals surface area (Å²) in [5.41, 5.74) is 1.87. The van der Waals surface area contributed by atoms with Crippen LogP contribution in [0.1, 0.15) is 73.7 Å². The van der Waals surface area contributed by atoms with Crippen LogP contribution in [0.15, 0.2) is 36.4 Å². The highest BCUT2D eigenvalue weighted by Gasteiger charge is 2.22. The van der Waals surface area contributed by atoms with Crippen LogP contribution in [0.2, 0.25) is 0 Å². The Bertz CT molecular complexity index is 744. The van der Waals surface area contributed by atoms with E-state index in [-0.39, 0.29) is 11.1 Å². The second-order valence-electron chi connectivity index (χ2n) is 7.43. The molecule has 0 atom stereocenters. The summed E-state index contributed by atoms with van der Waals surface area (Å²) in [5, 5.41) is 0. The van der Waals surface area contributed by atoms with E-state index < -0.39 is 11.6 Å². The summed E-state index contributed by atoms with van der Waals surface area (Å²) >= 11 is 0. The second-order valence-corrected chi connectivity index (χ2v) is 7.43. The van der Waals surface area contributed by atoms with Crippen molar-refractivity contribution in [2.45, 2.75) is 57.8 Å². The van der Waals surface area contributed by atoms with Gasteiger partial charge in [0.05, 0.1) is 5.56 Å². The SMILES string of the molecule is CCCCC1CCC(c2ccc(-c3ccc(C=O)c(F)c3F)cc2)CC1. The normalized spacial score (nSPS) is 20.1. The van der Waals surface area contributed by atoms with Crippen molar-refractivity contribution in [2.24, 2.45) is 5.92 Å². The van der Waals surface area contributed by atoms with Gasteiger partial charge in [-0.05, 0) is 54.7 Å². The van der Waals surface area contributed by atoms with Crippen LogP contribution in [0, 0.1) is 17.6 Å². The molecule has 3 heteroatoms.